The van der Waals surface area contributed by atoms with Crippen molar-refractivity contribution in [1.29, 1.82) is 0 Å². The van der Waals surface area contributed by atoms with Gasteiger partial charge in [0.1, 0.15) is 5.75 Å². The molecule has 1 aromatic carbocycles. The first-order valence-electron chi connectivity index (χ1n) is 7.28. The first-order valence-corrected chi connectivity index (χ1v) is 8.45. The SMILES string of the molecule is Cl.Cl.Oc1c(Cl)ccc(Br)c1[C@H](CC1CC1)N1CCNCC1. The zero-order valence-corrected chi connectivity index (χ0v) is 16.2. The highest BCUT2D eigenvalue weighted by Crippen LogP contribution is 2.46. The number of halogens is 4. The van der Waals surface area contributed by atoms with Gasteiger partial charge in [-0.05, 0) is 24.5 Å². The Bertz CT molecular complexity index is 494. The zero-order valence-electron chi connectivity index (χ0n) is 12.2. The van der Waals surface area contributed by atoms with Crippen molar-refractivity contribution in [2.75, 3.05) is 26.2 Å². The van der Waals surface area contributed by atoms with Gasteiger partial charge in [-0.3, -0.25) is 4.90 Å². The summed E-state index contributed by atoms with van der Waals surface area (Å²) in [5, 5.41) is 14.2. The van der Waals surface area contributed by atoms with Gasteiger partial charge in [0.05, 0.1) is 5.02 Å². The smallest absolute Gasteiger partial charge is 0.140 e. The summed E-state index contributed by atoms with van der Waals surface area (Å²) in [6.45, 7) is 4.08. The number of phenols is 1. The third-order valence-corrected chi connectivity index (χ3v) is 5.29. The minimum absolute atomic E-state index is 0. The summed E-state index contributed by atoms with van der Waals surface area (Å²) in [4.78, 5) is 2.48. The molecule has 1 aliphatic heterocycles. The molecular formula is C15H22BrCl3N2O. The van der Waals surface area contributed by atoms with Crippen LogP contribution in [-0.4, -0.2) is 36.2 Å². The van der Waals surface area contributed by atoms with Crippen molar-refractivity contribution in [3.63, 3.8) is 0 Å². The summed E-state index contributed by atoms with van der Waals surface area (Å²) in [6.07, 6.45) is 3.76. The summed E-state index contributed by atoms with van der Waals surface area (Å²) in [5.41, 5.74) is 0.964. The lowest BCUT2D eigenvalue weighted by atomic mass is 9.97. The Morgan fingerprint density at radius 1 is 1.27 bits per heavy atom. The van der Waals surface area contributed by atoms with Gasteiger partial charge in [0.2, 0.25) is 0 Å². The Hall–Kier alpha value is 0.290. The van der Waals surface area contributed by atoms with Crippen molar-refractivity contribution in [2.24, 2.45) is 5.92 Å². The molecule has 2 aliphatic rings. The van der Waals surface area contributed by atoms with Crippen LogP contribution in [0, 0.1) is 5.92 Å². The van der Waals surface area contributed by atoms with Crippen molar-refractivity contribution in [3.8, 4) is 5.75 Å². The molecule has 2 N–H and O–H groups in total. The Morgan fingerprint density at radius 2 is 1.91 bits per heavy atom. The van der Waals surface area contributed by atoms with E-state index in [0.717, 1.165) is 48.6 Å². The third-order valence-electron chi connectivity index (χ3n) is 4.29. The number of benzene rings is 1. The number of aromatic hydroxyl groups is 1. The van der Waals surface area contributed by atoms with Gasteiger partial charge >= 0.3 is 0 Å². The Balaban J connectivity index is 0.00000121. The predicted molar refractivity (Wildman–Crippen MR) is 99.8 cm³/mol. The van der Waals surface area contributed by atoms with Crippen molar-refractivity contribution < 1.29 is 5.11 Å². The largest absolute Gasteiger partial charge is 0.506 e. The van der Waals surface area contributed by atoms with Crippen LogP contribution in [0.15, 0.2) is 16.6 Å². The summed E-state index contributed by atoms with van der Waals surface area (Å²) in [7, 11) is 0. The van der Waals surface area contributed by atoms with Gasteiger partial charge in [0.15, 0.2) is 0 Å². The van der Waals surface area contributed by atoms with E-state index < -0.39 is 0 Å². The number of nitrogens with one attached hydrogen (secondary N) is 1. The van der Waals surface area contributed by atoms with E-state index in [1.54, 1.807) is 6.07 Å². The molecule has 0 aromatic heterocycles. The molecule has 1 aromatic rings. The maximum Gasteiger partial charge on any atom is 0.140 e. The van der Waals surface area contributed by atoms with E-state index in [1.807, 2.05) is 6.07 Å². The van der Waals surface area contributed by atoms with Crippen LogP contribution in [0.2, 0.25) is 5.02 Å². The van der Waals surface area contributed by atoms with Crippen LogP contribution in [0.25, 0.3) is 0 Å². The molecule has 0 bridgehead atoms. The molecule has 1 aliphatic carbocycles. The minimum Gasteiger partial charge on any atom is -0.506 e. The van der Waals surface area contributed by atoms with E-state index in [-0.39, 0.29) is 36.6 Å². The molecule has 0 amide bonds. The molecular weight excluding hydrogens is 410 g/mol. The minimum atomic E-state index is 0. The fraction of sp³-hybridized carbons (Fsp3) is 0.600. The molecule has 1 saturated heterocycles. The third kappa shape index (κ3) is 4.65. The van der Waals surface area contributed by atoms with Gasteiger partial charge in [-0.15, -0.1) is 24.8 Å². The van der Waals surface area contributed by atoms with Gasteiger partial charge in [-0.2, -0.15) is 0 Å². The Labute approximate surface area is 157 Å². The van der Waals surface area contributed by atoms with Crippen LogP contribution in [0.1, 0.15) is 30.9 Å². The molecule has 3 nitrogen and oxygen atoms in total. The van der Waals surface area contributed by atoms with E-state index in [0.29, 0.717) is 5.02 Å². The maximum absolute atomic E-state index is 10.4. The van der Waals surface area contributed by atoms with Crippen molar-refractivity contribution in [1.82, 2.24) is 10.2 Å². The topological polar surface area (TPSA) is 35.5 Å². The van der Waals surface area contributed by atoms with E-state index in [9.17, 15) is 5.11 Å². The summed E-state index contributed by atoms with van der Waals surface area (Å²) >= 11 is 9.72. The molecule has 0 unspecified atom stereocenters. The van der Waals surface area contributed by atoms with E-state index >= 15 is 0 Å². The highest BCUT2D eigenvalue weighted by Gasteiger charge is 2.33. The number of rotatable bonds is 4. The number of hydrogen-bond acceptors (Lipinski definition) is 3. The fourth-order valence-corrected chi connectivity index (χ4v) is 3.74. The first-order chi connectivity index (χ1) is 9.66. The molecule has 3 rings (SSSR count). The highest BCUT2D eigenvalue weighted by atomic mass is 79.9. The van der Waals surface area contributed by atoms with Gasteiger partial charge in [-0.1, -0.05) is 40.4 Å². The maximum atomic E-state index is 10.4. The van der Waals surface area contributed by atoms with Crippen LogP contribution in [0.4, 0.5) is 0 Å². The molecule has 1 atom stereocenters. The molecule has 0 spiro atoms. The normalized spacial score (nSPS) is 19.9. The second-order valence-corrected chi connectivity index (χ2v) is 7.03. The van der Waals surface area contributed by atoms with Gasteiger partial charge < -0.3 is 10.4 Å². The molecule has 0 radical (unpaired) electrons. The molecule has 7 heteroatoms. The fourth-order valence-electron chi connectivity index (χ4n) is 2.99. The van der Waals surface area contributed by atoms with Crippen LogP contribution in [0.5, 0.6) is 5.75 Å². The van der Waals surface area contributed by atoms with Crippen LogP contribution in [-0.2, 0) is 0 Å². The predicted octanol–water partition coefficient (Wildman–Crippen LogP) is 4.40. The van der Waals surface area contributed by atoms with Crippen molar-refractivity contribution >= 4 is 52.3 Å². The average molecular weight is 433 g/mol. The number of phenolic OH excluding ortho intramolecular Hbond substituents is 1. The van der Waals surface area contributed by atoms with Crippen LogP contribution in [0.3, 0.4) is 0 Å². The lowest BCUT2D eigenvalue weighted by Gasteiger charge is -2.36. The number of hydrogen-bond donors (Lipinski definition) is 2. The zero-order chi connectivity index (χ0) is 14.1. The molecule has 1 saturated carbocycles. The quantitative estimate of drug-likeness (QED) is 0.740. The lowest BCUT2D eigenvalue weighted by molar-refractivity contribution is 0.157. The van der Waals surface area contributed by atoms with Gasteiger partial charge in [0, 0.05) is 42.3 Å². The second kappa shape index (κ2) is 8.95. The average Bonchev–Trinajstić information content (AvgIpc) is 3.27. The van der Waals surface area contributed by atoms with Crippen LogP contribution >= 0.6 is 52.3 Å². The summed E-state index contributed by atoms with van der Waals surface area (Å²) in [5.74, 6) is 1.05. The summed E-state index contributed by atoms with van der Waals surface area (Å²) < 4.78 is 0.962. The van der Waals surface area contributed by atoms with Gasteiger partial charge in [0.25, 0.3) is 0 Å². The summed E-state index contributed by atoms with van der Waals surface area (Å²) in [6, 6.07) is 3.95. The van der Waals surface area contributed by atoms with E-state index in [1.165, 1.54) is 12.8 Å². The Morgan fingerprint density at radius 3 is 2.50 bits per heavy atom. The van der Waals surface area contributed by atoms with Crippen molar-refractivity contribution in [2.45, 2.75) is 25.3 Å². The highest BCUT2D eigenvalue weighted by molar-refractivity contribution is 9.10. The molecule has 1 heterocycles. The van der Waals surface area contributed by atoms with Crippen molar-refractivity contribution in [3.05, 3.63) is 27.2 Å². The number of piperazine rings is 1. The molecule has 126 valence electrons. The monoisotopic (exact) mass is 430 g/mol. The number of nitrogens with zero attached hydrogens (tertiary/aromatic N) is 1. The lowest BCUT2D eigenvalue weighted by Crippen LogP contribution is -2.45. The Kier molecular flexibility index (Phi) is 8.27. The van der Waals surface area contributed by atoms with Crippen LogP contribution < -0.4 is 5.32 Å². The molecule has 22 heavy (non-hydrogen) atoms. The molecule has 2 fully saturated rings. The second-order valence-electron chi connectivity index (χ2n) is 5.77. The van der Waals surface area contributed by atoms with E-state index in [4.69, 9.17) is 11.6 Å². The first kappa shape index (κ1) is 20.3. The standard InChI is InChI=1S/C15H20BrClN2O.2ClH/c16-11-3-4-12(17)15(20)14(11)13(9-10-1-2-10)19-7-5-18-6-8-19;;/h3-4,10,13,18,20H,1-2,5-9H2;2*1H/t13-;;/m0../s1. The van der Waals surface area contributed by atoms with E-state index in [2.05, 4.69) is 26.1 Å². The van der Waals surface area contributed by atoms with Gasteiger partial charge in [-0.25, -0.2) is 0 Å².